The van der Waals surface area contributed by atoms with Crippen molar-refractivity contribution in [3.63, 3.8) is 0 Å². The lowest BCUT2D eigenvalue weighted by atomic mass is 10.2. The summed E-state index contributed by atoms with van der Waals surface area (Å²) in [5.41, 5.74) is 0.239. The lowest BCUT2D eigenvalue weighted by Gasteiger charge is -2.09. The number of nitrogens with one attached hydrogen (secondary N) is 1. The van der Waals surface area contributed by atoms with Crippen molar-refractivity contribution in [3.05, 3.63) is 53.3 Å². The van der Waals surface area contributed by atoms with E-state index in [0.29, 0.717) is 11.3 Å². The van der Waals surface area contributed by atoms with E-state index in [2.05, 4.69) is 9.82 Å². The molecule has 5 nitrogen and oxygen atoms in total. The summed E-state index contributed by atoms with van der Waals surface area (Å²) in [5.74, 6) is -0.0829. The third-order valence-electron chi connectivity index (χ3n) is 3.94. The van der Waals surface area contributed by atoms with Crippen molar-refractivity contribution in [2.75, 3.05) is 6.54 Å². The molecule has 1 aliphatic rings. The van der Waals surface area contributed by atoms with Gasteiger partial charge in [0, 0.05) is 18.2 Å². The van der Waals surface area contributed by atoms with E-state index in [9.17, 15) is 21.6 Å². The van der Waals surface area contributed by atoms with Gasteiger partial charge in [0.15, 0.2) is 5.69 Å². The molecule has 0 radical (unpaired) electrons. The number of halogens is 3. The van der Waals surface area contributed by atoms with Crippen LogP contribution in [0, 0.1) is 0 Å². The van der Waals surface area contributed by atoms with Gasteiger partial charge in [-0.1, -0.05) is 30.3 Å². The zero-order chi connectivity index (χ0) is 18.1. The lowest BCUT2D eigenvalue weighted by Crippen LogP contribution is -2.29. The maximum atomic E-state index is 12.8. The summed E-state index contributed by atoms with van der Waals surface area (Å²) < 4.78 is 66.3. The van der Waals surface area contributed by atoms with Crippen LogP contribution in [-0.4, -0.2) is 24.7 Å². The lowest BCUT2D eigenvalue weighted by molar-refractivity contribution is -0.141. The molecule has 2 aromatic rings. The second-order valence-corrected chi connectivity index (χ2v) is 7.90. The highest BCUT2D eigenvalue weighted by Crippen LogP contribution is 2.42. The first kappa shape index (κ1) is 17.9. The zero-order valence-electron chi connectivity index (χ0n) is 13.3. The second kappa shape index (κ2) is 6.80. The highest BCUT2D eigenvalue weighted by Gasteiger charge is 2.37. The van der Waals surface area contributed by atoms with E-state index in [1.54, 1.807) is 30.3 Å². The van der Waals surface area contributed by atoms with Gasteiger partial charge in [-0.05, 0) is 24.5 Å². The molecule has 0 spiro atoms. The van der Waals surface area contributed by atoms with Crippen LogP contribution < -0.4 is 4.72 Å². The van der Waals surface area contributed by atoms with Crippen molar-refractivity contribution >= 4 is 10.0 Å². The maximum absolute atomic E-state index is 12.8. The van der Waals surface area contributed by atoms with Gasteiger partial charge in [0.25, 0.3) is 0 Å². The summed E-state index contributed by atoms with van der Waals surface area (Å²) in [7, 11) is -3.56. The van der Waals surface area contributed by atoms with Crippen LogP contribution in [0.5, 0.6) is 0 Å². The Hall–Kier alpha value is -1.87. The molecular formula is C16H18F3N3O2S. The van der Waals surface area contributed by atoms with Crippen molar-refractivity contribution < 1.29 is 21.6 Å². The van der Waals surface area contributed by atoms with Crippen LogP contribution in [0.15, 0.2) is 36.4 Å². The van der Waals surface area contributed by atoms with Gasteiger partial charge in [-0.2, -0.15) is 18.3 Å². The van der Waals surface area contributed by atoms with Crippen LogP contribution in [0.25, 0.3) is 0 Å². The minimum absolute atomic E-state index is 0.00609. The normalized spacial score (nSPS) is 15.5. The van der Waals surface area contributed by atoms with Gasteiger partial charge in [-0.15, -0.1) is 0 Å². The van der Waals surface area contributed by atoms with Gasteiger partial charge in [0.2, 0.25) is 10.0 Å². The molecule has 1 saturated carbocycles. The minimum Gasteiger partial charge on any atom is -0.267 e. The molecule has 0 atom stereocenters. The van der Waals surface area contributed by atoms with Gasteiger partial charge in [-0.3, -0.25) is 4.68 Å². The molecule has 1 aliphatic carbocycles. The predicted octanol–water partition coefficient (Wildman–Crippen LogP) is 2.90. The van der Waals surface area contributed by atoms with Crippen LogP contribution in [-0.2, 0) is 28.5 Å². The third-order valence-corrected chi connectivity index (χ3v) is 5.30. The number of hydrogen-bond donors (Lipinski definition) is 1. The highest BCUT2D eigenvalue weighted by molar-refractivity contribution is 7.88. The summed E-state index contributed by atoms with van der Waals surface area (Å²) in [6, 6.07) is 9.75. The van der Waals surface area contributed by atoms with Gasteiger partial charge >= 0.3 is 6.18 Å². The van der Waals surface area contributed by atoms with E-state index in [0.717, 1.165) is 18.9 Å². The van der Waals surface area contributed by atoms with Gasteiger partial charge in [0.05, 0.1) is 12.3 Å². The Labute approximate surface area is 143 Å². The summed E-state index contributed by atoms with van der Waals surface area (Å²) in [5, 5.41) is 3.60. The second-order valence-electron chi connectivity index (χ2n) is 6.09. The van der Waals surface area contributed by atoms with E-state index in [1.807, 2.05) is 0 Å². The Kier molecular flexibility index (Phi) is 4.88. The van der Waals surface area contributed by atoms with Crippen LogP contribution in [0.4, 0.5) is 13.2 Å². The van der Waals surface area contributed by atoms with Gasteiger partial charge < -0.3 is 0 Å². The number of benzene rings is 1. The van der Waals surface area contributed by atoms with Crippen molar-refractivity contribution in [1.82, 2.24) is 14.5 Å². The van der Waals surface area contributed by atoms with Crippen LogP contribution in [0.2, 0.25) is 0 Å². The SMILES string of the molecule is O=S(=O)(Cc1ccccc1)NCCn1nc(C(F)(F)F)cc1C1CC1. The molecule has 0 amide bonds. The molecule has 1 heterocycles. The average Bonchev–Trinajstić information content (AvgIpc) is 3.27. The molecule has 1 N–H and O–H groups in total. The standard InChI is InChI=1S/C16H18F3N3O2S/c17-16(18,19)15-10-14(13-6-7-13)22(21-15)9-8-20-25(23,24)11-12-4-2-1-3-5-12/h1-5,10,13,20H,6-9,11H2. The quantitative estimate of drug-likeness (QED) is 0.812. The fourth-order valence-electron chi connectivity index (χ4n) is 2.61. The van der Waals surface area contributed by atoms with E-state index < -0.39 is 21.9 Å². The van der Waals surface area contributed by atoms with Gasteiger partial charge in [0.1, 0.15) is 0 Å². The Bertz CT molecular complexity index is 828. The first-order chi connectivity index (χ1) is 11.7. The Morgan fingerprint density at radius 3 is 2.48 bits per heavy atom. The number of rotatable bonds is 7. The van der Waals surface area contributed by atoms with E-state index >= 15 is 0 Å². The largest absolute Gasteiger partial charge is 0.435 e. The molecule has 136 valence electrons. The number of nitrogens with zero attached hydrogens (tertiary/aromatic N) is 2. The Balaban J connectivity index is 1.62. The van der Waals surface area contributed by atoms with Gasteiger partial charge in [-0.25, -0.2) is 13.1 Å². The molecular weight excluding hydrogens is 355 g/mol. The molecule has 9 heteroatoms. The molecule has 25 heavy (non-hydrogen) atoms. The number of aromatic nitrogens is 2. The molecule has 1 aromatic carbocycles. The molecule has 1 fully saturated rings. The maximum Gasteiger partial charge on any atom is 0.435 e. The van der Waals surface area contributed by atoms with Crippen LogP contribution in [0.1, 0.15) is 35.7 Å². The fraction of sp³-hybridized carbons (Fsp3) is 0.438. The minimum atomic E-state index is -4.50. The van der Waals surface area contributed by atoms with E-state index in [1.165, 1.54) is 4.68 Å². The summed E-state index contributed by atoms with van der Waals surface area (Å²) in [6.07, 6.45) is -2.83. The summed E-state index contributed by atoms with van der Waals surface area (Å²) in [6.45, 7) is 0.0593. The topological polar surface area (TPSA) is 64.0 Å². The fourth-order valence-corrected chi connectivity index (χ4v) is 3.74. The zero-order valence-corrected chi connectivity index (χ0v) is 14.1. The first-order valence-electron chi connectivity index (χ1n) is 7.91. The molecule has 0 bridgehead atoms. The Morgan fingerprint density at radius 2 is 1.88 bits per heavy atom. The van der Waals surface area contributed by atoms with Crippen molar-refractivity contribution in [2.45, 2.75) is 37.2 Å². The molecule has 0 saturated heterocycles. The predicted molar refractivity (Wildman–Crippen MR) is 86.3 cm³/mol. The molecule has 3 rings (SSSR count). The average molecular weight is 373 g/mol. The molecule has 1 aromatic heterocycles. The van der Waals surface area contributed by atoms with Crippen molar-refractivity contribution in [2.24, 2.45) is 0 Å². The van der Waals surface area contributed by atoms with Crippen LogP contribution >= 0.6 is 0 Å². The summed E-state index contributed by atoms with van der Waals surface area (Å²) in [4.78, 5) is 0. The smallest absolute Gasteiger partial charge is 0.267 e. The van der Waals surface area contributed by atoms with Crippen LogP contribution in [0.3, 0.4) is 0 Å². The summed E-state index contributed by atoms with van der Waals surface area (Å²) >= 11 is 0. The van der Waals surface area contributed by atoms with Crippen molar-refractivity contribution in [1.29, 1.82) is 0 Å². The van der Waals surface area contributed by atoms with E-state index in [-0.39, 0.29) is 24.8 Å². The Morgan fingerprint density at radius 1 is 1.20 bits per heavy atom. The molecule has 0 aliphatic heterocycles. The van der Waals surface area contributed by atoms with E-state index in [4.69, 9.17) is 0 Å². The molecule has 0 unspecified atom stereocenters. The monoisotopic (exact) mass is 373 g/mol. The first-order valence-corrected chi connectivity index (χ1v) is 9.56. The third kappa shape index (κ3) is 4.82. The number of hydrogen-bond acceptors (Lipinski definition) is 3. The van der Waals surface area contributed by atoms with Crippen molar-refractivity contribution in [3.8, 4) is 0 Å². The number of alkyl halides is 3. The highest BCUT2D eigenvalue weighted by atomic mass is 32.2. The number of sulfonamides is 1.